The fraction of sp³-hybridized carbons (Fsp3) is 0.318. The Balaban J connectivity index is 1.39. The molecule has 5 rings (SSSR count). The molecule has 0 spiro atoms. The Kier molecular flexibility index (Phi) is 5.48. The fourth-order valence-electron chi connectivity index (χ4n) is 4.07. The molecule has 0 unspecified atom stereocenters. The zero-order chi connectivity index (χ0) is 21.2. The molecule has 3 aromatic heterocycles. The van der Waals surface area contributed by atoms with Crippen LogP contribution in [0.15, 0.2) is 58.1 Å². The van der Waals surface area contributed by atoms with Crippen LogP contribution in [-0.2, 0) is 0 Å². The molecule has 0 amide bonds. The molecule has 4 aromatic rings. The number of nitrogens with zero attached hydrogens (tertiary/aromatic N) is 4. The van der Waals surface area contributed by atoms with Gasteiger partial charge >= 0.3 is 0 Å². The second-order valence-corrected chi connectivity index (χ2v) is 8.05. The monoisotopic (exact) mass is 438 g/mol. The number of aromatic amines is 1. The summed E-state index contributed by atoms with van der Waals surface area (Å²) in [6.07, 6.45) is 6.85. The number of piperidine rings is 1. The maximum Gasteiger partial charge on any atom is 0.295 e. The van der Waals surface area contributed by atoms with Gasteiger partial charge in [0.05, 0.1) is 35.2 Å². The molecule has 1 saturated heterocycles. The molecule has 1 atom stereocenters. The van der Waals surface area contributed by atoms with E-state index >= 15 is 0 Å². The van der Waals surface area contributed by atoms with Crippen molar-refractivity contribution in [3.63, 3.8) is 0 Å². The Morgan fingerprint density at radius 2 is 2.00 bits per heavy atom. The van der Waals surface area contributed by atoms with Crippen LogP contribution in [-0.4, -0.2) is 44.3 Å². The number of para-hydroxylation sites is 2. The van der Waals surface area contributed by atoms with Crippen molar-refractivity contribution in [2.75, 3.05) is 25.0 Å². The third-order valence-electron chi connectivity index (χ3n) is 5.69. The number of aromatic nitrogens is 4. The summed E-state index contributed by atoms with van der Waals surface area (Å²) in [5.74, 6) is 1.23. The van der Waals surface area contributed by atoms with Crippen molar-refractivity contribution in [2.45, 2.75) is 25.3 Å². The Hall–Kier alpha value is -3.10. The number of anilines is 1. The van der Waals surface area contributed by atoms with E-state index in [-0.39, 0.29) is 11.1 Å². The quantitative estimate of drug-likeness (QED) is 0.473. The molecule has 1 fully saturated rings. The highest BCUT2D eigenvalue weighted by Crippen LogP contribution is 2.26. The highest BCUT2D eigenvalue weighted by Gasteiger charge is 2.25. The smallest absolute Gasteiger partial charge is 0.295 e. The number of H-pyrrole nitrogens is 1. The molecular formula is C22H23ClN6O2. The second kappa shape index (κ2) is 8.56. The molecule has 0 radical (unpaired) electrons. The molecule has 0 saturated carbocycles. The molecule has 9 heteroatoms. The average molecular weight is 439 g/mol. The van der Waals surface area contributed by atoms with Gasteiger partial charge in [0.15, 0.2) is 0 Å². The number of nitrogens with one attached hydrogen (secondary N) is 2. The van der Waals surface area contributed by atoms with Crippen LogP contribution in [0.1, 0.15) is 31.1 Å². The number of hydrogen-bond donors (Lipinski definition) is 2. The summed E-state index contributed by atoms with van der Waals surface area (Å²) in [7, 11) is 0. The van der Waals surface area contributed by atoms with Crippen molar-refractivity contribution in [1.82, 2.24) is 24.6 Å². The van der Waals surface area contributed by atoms with E-state index in [4.69, 9.17) is 16.0 Å². The van der Waals surface area contributed by atoms with Crippen LogP contribution < -0.4 is 10.9 Å². The van der Waals surface area contributed by atoms with Crippen LogP contribution in [0.25, 0.3) is 17.0 Å². The van der Waals surface area contributed by atoms with Crippen LogP contribution in [0.4, 0.5) is 5.69 Å². The van der Waals surface area contributed by atoms with E-state index in [0.717, 1.165) is 29.9 Å². The van der Waals surface area contributed by atoms with Crippen molar-refractivity contribution in [3.05, 3.63) is 70.0 Å². The number of imidazole rings is 1. The third-order valence-corrected chi connectivity index (χ3v) is 6.05. The van der Waals surface area contributed by atoms with Crippen molar-refractivity contribution >= 4 is 28.3 Å². The zero-order valence-electron chi connectivity index (χ0n) is 16.9. The molecule has 4 heterocycles. The number of halogens is 1. The van der Waals surface area contributed by atoms with Crippen molar-refractivity contribution < 1.29 is 4.42 Å². The Labute approximate surface area is 183 Å². The molecule has 160 valence electrons. The first-order valence-corrected chi connectivity index (χ1v) is 10.8. The second-order valence-electron chi connectivity index (χ2n) is 7.68. The summed E-state index contributed by atoms with van der Waals surface area (Å²) in [6, 6.07) is 11.5. The summed E-state index contributed by atoms with van der Waals surface area (Å²) < 4.78 is 6.87. The van der Waals surface area contributed by atoms with Crippen LogP contribution in [0, 0.1) is 0 Å². The number of furan rings is 1. The highest BCUT2D eigenvalue weighted by atomic mass is 35.5. The van der Waals surface area contributed by atoms with Gasteiger partial charge in [-0.1, -0.05) is 30.2 Å². The van der Waals surface area contributed by atoms with Gasteiger partial charge in [0.25, 0.3) is 5.56 Å². The van der Waals surface area contributed by atoms with E-state index in [2.05, 4.69) is 25.3 Å². The van der Waals surface area contributed by atoms with E-state index in [9.17, 15) is 4.79 Å². The summed E-state index contributed by atoms with van der Waals surface area (Å²) in [5, 5.41) is 7.67. The fourth-order valence-corrected chi connectivity index (χ4v) is 4.27. The van der Waals surface area contributed by atoms with Gasteiger partial charge in [-0.2, -0.15) is 9.78 Å². The maximum atomic E-state index is 12.9. The summed E-state index contributed by atoms with van der Waals surface area (Å²) in [6.45, 7) is 2.60. The normalized spacial score (nSPS) is 15.9. The maximum absolute atomic E-state index is 12.9. The lowest BCUT2D eigenvalue weighted by Crippen LogP contribution is -2.37. The Morgan fingerprint density at radius 1 is 1.16 bits per heavy atom. The van der Waals surface area contributed by atoms with Crippen LogP contribution in [0.3, 0.4) is 0 Å². The molecule has 1 aliphatic rings. The van der Waals surface area contributed by atoms with Crippen LogP contribution in [0.2, 0.25) is 5.02 Å². The first kappa shape index (κ1) is 19.8. The lowest BCUT2D eigenvalue weighted by Gasteiger charge is -2.33. The van der Waals surface area contributed by atoms with Gasteiger partial charge < -0.3 is 14.7 Å². The molecule has 31 heavy (non-hydrogen) atoms. The van der Waals surface area contributed by atoms with Crippen LogP contribution in [0.5, 0.6) is 0 Å². The predicted octanol–water partition coefficient (Wildman–Crippen LogP) is 3.99. The standard InChI is InChI=1S/C22H23ClN6O2/c23-20-17(24-14-18(19-9-6-12-31-19)28-10-4-1-5-11-28)13-25-29(21(20)30)22-26-15-7-2-3-8-16(15)27-22/h2-3,6-9,12-13,18,24H,1,4-5,10-11,14H2,(H,26,27)/t18-/m0/s1. The highest BCUT2D eigenvalue weighted by molar-refractivity contribution is 6.32. The molecule has 8 nitrogen and oxygen atoms in total. The summed E-state index contributed by atoms with van der Waals surface area (Å²) in [5.41, 5.74) is 1.64. The summed E-state index contributed by atoms with van der Waals surface area (Å²) in [4.78, 5) is 22.8. The average Bonchev–Trinajstić information content (AvgIpc) is 3.47. The first-order valence-electron chi connectivity index (χ1n) is 10.4. The van der Waals surface area contributed by atoms with E-state index in [1.807, 2.05) is 36.4 Å². The number of benzene rings is 1. The van der Waals surface area contributed by atoms with Crippen molar-refractivity contribution in [1.29, 1.82) is 0 Å². The van der Waals surface area contributed by atoms with Crippen molar-refractivity contribution in [3.8, 4) is 5.95 Å². The van der Waals surface area contributed by atoms with Gasteiger partial charge in [-0.25, -0.2) is 4.98 Å². The molecule has 1 aromatic carbocycles. The van der Waals surface area contributed by atoms with Gasteiger partial charge in [0, 0.05) is 6.54 Å². The topological polar surface area (TPSA) is 92.0 Å². The number of fused-ring (bicyclic) bond motifs is 1. The summed E-state index contributed by atoms with van der Waals surface area (Å²) >= 11 is 6.43. The van der Waals surface area contributed by atoms with Gasteiger partial charge in [0.2, 0.25) is 5.95 Å². The largest absolute Gasteiger partial charge is 0.468 e. The first-order chi connectivity index (χ1) is 15.2. The van der Waals surface area contributed by atoms with E-state index in [1.54, 1.807) is 12.5 Å². The lowest BCUT2D eigenvalue weighted by molar-refractivity contribution is 0.153. The number of rotatable bonds is 6. The zero-order valence-corrected chi connectivity index (χ0v) is 17.7. The Morgan fingerprint density at radius 3 is 2.77 bits per heavy atom. The number of hydrogen-bond acceptors (Lipinski definition) is 6. The lowest BCUT2D eigenvalue weighted by atomic mass is 10.1. The minimum atomic E-state index is -0.432. The molecule has 0 aliphatic carbocycles. The van der Waals surface area contributed by atoms with Gasteiger partial charge in [-0.05, 0) is 50.2 Å². The SMILES string of the molecule is O=c1c(Cl)c(NC[C@@H](c2ccco2)N2CCCCC2)cnn1-c1nc2ccccc2[nH]1. The molecule has 0 bridgehead atoms. The van der Waals surface area contributed by atoms with E-state index < -0.39 is 5.56 Å². The minimum Gasteiger partial charge on any atom is -0.468 e. The van der Waals surface area contributed by atoms with E-state index in [1.165, 1.54) is 23.9 Å². The van der Waals surface area contributed by atoms with Gasteiger partial charge in [-0.15, -0.1) is 0 Å². The van der Waals surface area contributed by atoms with Crippen LogP contribution >= 0.6 is 11.6 Å². The molecule has 2 N–H and O–H groups in total. The third kappa shape index (κ3) is 3.96. The predicted molar refractivity (Wildman–Crippen MR) is 120 cm³/mol. The van der Waals surface area contributed by atoms with Gasteiger partial charge in [0.1, 0.15) is 10.8 Å². The minimum absolute atomic E-state index is 0.0594. The van der Waals surface area contributed by atoms with Crippen molar-refractivity contribution in [2.24, 2.45) is 0 Å². The molecule has 1 aliphatic heterocycles. The number of likely N-dealkylation sites (tertiary alicyclic amines) is 1. The molecular weight excluding hydrogens is 416 g/mol. The Bertz CT molecular complexity index is 1190. The van der Waals surface area contributed by atoms with Gasteiger partial charge in [-0.3, -0.25) is 9.69 Å². The van der Waals surface area contributed by atoms with E-state index in [0.29, 0.717) is 18.2 Å².